The van der Waals surface area contributed by atoms with Crippen molar-refractivity contribution < 1.29 is 4.79 Å². The lowest BCUT2D eigenvalue weighted by molar-refractivity contribution is 0.0954. The summed E-state index contributed by atoms with van der Waals surface area (Å²) in [6.45, 7) is 0.514. The molecule has 7 nitrogen and oxygen atoms in total. The van der Waals surface area contributed by atoms with Crippen LogP contribution in [0.3, 0.4) is 0 Å². The number of carbonyl (C=O) groups excluding carboxylic acids is 1. The van der Waals surface area contributed by atoms with E-state index in [1.807, 2.05) is 18.2 Å². The fraction of sp³-hybridized carbons (Fsp3) is 0.158. The van der Waals surface area contributed by atoms with E-state index in [1.54, 1.807) is 52.9 Å². The number of aromatic nitrogens is 4. The van der Waals surface area contributed by atoms with Crippen molar-refractivity contribution in [2.24, 2.45) is 7.05 Å². The lowest BCUT2D eigenvalue weighted by atomic mass is 10.1. The van der Waals surface area contributed by atoms with Crippen LogP contribution in [0.15, 0.2) is 59.8 Å². The molecule has 7 heteroatoms. The Labute approximate surface area is 148 Å². The Kier molecular flexibility index (Phi) is 3.96. The molecule has 26 heavy (non-hydrogen) atoms. The average molecular weight is 347 g/mol. The van der Waals surface area contributed by atoms with Crippen molar-refractivity contribution in [2.45, 2.75) is 6.42 Å². The maximum atomic E-state index is 12.5. The normalized spacial score (nSPS) is 11.1. The number of nitrogens with one attached hydrogen (secondary N) is 1. The predicted octanol–water partition coefficient (Wildman–Crippen LogP) is 1.55. The number of pyridine rings is 1. The molecule has 4 aromatic rings. The lowest BCUT2D eigenvalue weighted by Crippen LogP contribution is -2.26. The van der Waals surface area contributed by atoms with Crippen molar-refractivity contribution >= 4 is 22.5 Å². The molecule has 0 unspecified atom stereocenters. The van der Waals surface area contributed by atoms with Crippen LogP contribution >= 0.6 is 0 Å². The molecule has 1 N–H and O–H groups in total. The molecule has 0 saturated heterocycles. The largest absolute Gasteiger partial charge is 0.352 e. The third-order valence-corrected chi connectivity index (χ3v) is 4.42. The summed E-state index contributed by atoms with van der Waals surface area (Å²) < 4.78 is 3.14. The highest BCUT2D eigenvalue weighted by Crippen LogP contribution is 2.15. The number of hydrogen-bond donors (Lipinski definition) is 1. The molecule has 0 radical (unpaired) electrons. The zero-order valence-electron chi connectivity index (χ0n) is 14.2. The van der Waals surface area contributed by atoms with Crippen LogP contribution in [0, 0.1) is 0 Å². The van der Waals surface area contributed by atoms with Crippen molar-refractivity contribution in [1.82, 2.24) is 24.5 Å². The van der Waals surface area contributed by atoms with Gasteiger partial charge in [-0.15, -0.1) is 0 Å². The zero-order chi connectivity index (χ0) is 18.1. The first-order chi connectivity index (χ1) is 12.6. The van der Waals surface area contributed by atoms with Gasteiger partial charge in [0.25, 0.3) is 11.5 Å². The second-order valence-corrected chi connectivity index (χ2v) is 6.06. The Morgan fingerprint density at radius 3 is 2.81 bits per heavy atom. The third kappa shape index (κ3) is 2.73. The van der Waals surface area contributed by atoms with Gasteiger partial charge < -0.3 is 9.88 Å². The van der Waals surface area contributed by atoms with Crippen molar-refractivity contribution in [3.05, 3.63) is 76.5 Å². The molecule has 4 rings (SSSR count). The molecule has 0 aliphatic carbocycles. The van der Waals surface area contributed by atoms with Crippen LogP contribution in [0.5, 0.6) is 0 Å². The van der Waals surface area contributed by atoms with Gasteiger partial charge in [0.1, 0.15) is 5.52 Å². The van der Waals surface area contributed by atoms with Crippen LogP contribution in [0.4, 0.5) is 0 Å². The highest BCUT2D eigenvalue weighted by atomic mass is 16.1. The van der Waals surface area contributed by atoms with E-state index >= 15 is 0 Å². The van der Waals surface area contributed by atoms with E-state index < -0.39 is 0 Å². The van der Waals surface area contributed by atoms with E-state index in [-0.39, 0.29) is 11.5 Å². The number of benzene rings is 1. The SMILES string of the molecule is Cn1c(=O)c2ccnn2c2ccc(C(=O)NCCc3cccnc3)cc21. The van der Waals surface area contributed by atoms with E-state index in [0.717, 1.165) is 11.1 Å². The minimum absolute atomic E-state index is 0.149. The van der Waals surface area contributed by atoms with E-state index in [2.05, 4.69) is 15.4 Å². The average Bonchev–Trinajstić information content (AvgIpc) is 3.16. The summed E-state index contributed by atoms with van der Waals surface area (Å²) in [4.78, 5) is 28.9. The van der Waals surface area contributed by atoms with Crippen molar-refractivity contribution in [3.63, 3.8) is 0 Å². The van der Waals surface area contributed by atoms with Crippen LogP contribution in [-0.4, -0.2) is 31.6 Å². The van der Waals surface area contributed by atoms with E-state index in [1.165, 1.54) is 0 Å². The first-order valence-corrected chi connectivity index (χ1v) is 8.29. The Morgan fingerprint density at radius 2 is 2.00 bits per heavy atom. The number of aryl methyl sites for hydroxylation is 1. The van der Waals surface area contributed by atoms with Crippen LogP contribution in [-0.2, 0) is 13.5 Å². The topological polar surface area (TPSA) is 81.3 Å². The summed E-state index contributed by atoms with van der Waals surface area (Å²) >= 11 is 0. The van der Waals surface area contributed by atoms with Gasteiger partial charge >= 0.3 is 0 Å². The molecule has 0 bridgehead atoms. The monoisotopic (exact) mass is 347 g/mol. The van der Waals surface area contributed by atoms with Gasteiger partial charge in [-0.3, -0.25) is 14.6 Å². The first kappa shape index (κ1) is 16.0. The van der Waals surface area contributed by atoms with E-state index in [4.69, 9.17) is 0 Å². The smallest absolute Gasteiger partial charge is 0.276 e. The second kappa shape index (κ2) is 6.44. The van der Waals surface area contributed by atoms with Gasteiger partial charge in [-0.2, -0.15) is 5.10 Å². The van der Waals surface area contributed by atoms with Crippen LogP contribution in [0.2, 0.25) is 0 Å². The molecule has 1 amide bonds. The lowest BCUT2D eigenvalue weighted by Gasteiger charge is -2.10. The molecule has 0 aliphatic rings. The number of fused-ring (bicyclic) bond motifs is 3. The number of hydrogen-bond acceptors (Lipinski definition) is 4. The van der Waals surface area contributed by atoms with Crippen LogP contribution in [0.1, 0.15) is 15.9 Å². The van der Waals surface area contributed by atoms with Gasteiger partial charge in [0.2, 0.25) is 0 Å². The number of carbonyl (C=O) groups is 1. The van der Waals surface area contributed by atoms with Gasteiger partial charge in [0.05, 0.1) is 17.2 Å². The fourth-order valence-electron chi connectivity index (χ4n) is 3.02. The highest BCUT2D eigenvalue weighted by molar-refractivity contribution is 5.97. The molecule has 130 valence electrons. The number of nitrogens with zero attached hydrogens (tertiary/aromatic N) is 4. The summed E-state index contributed by atoms with van der Waals surface area (Å²) in [6, 6.07) is 10.8. The molecular formula is C19H17N5O2. The van der Waals surface area contributed by atoms with Gasteiger partial charge in [-0.1, -0.05) is 6.07 Å². The molecular weight excluding hydrogens is 330 g/mol. The maximum absolute atomic E-state index is 12.5. The fourth-order valence-corrected chi connectivity index (χ4v) is 3.02. The molecule has 1 aromatic carbocycles. The standard InChI is InChI=1S/C19H17N5O2/c1-23-17-11-14(18(25)21-9-6-13-3-2-8-20-12-13)4-5-15(17)24-16(19(23)26)7-10-22-24/h2-5,7-8,10-12H,6,9H2,1H3,(H,21,25). The van der Waals surface area contributed by atoms with Gasteiger partial charge in [-0.05, 0) is 42.3 Å². The summed E-state index contributed by atoms with van der Waals surface area (Å²) in [5.74, 6) is -0.177. The Hall–Kier alpha value is -3.48. The number of rotatable bonds is 4. The minimum atomic E-state index is -0.177. The molecule has 0 atom stereocenters. The van der Waals surface area contributed by atoms with E-state index in [9.17, 15) is 9.59 Å². The Bertz CT molecular complexity index is 1160. The molecule has 3 aromatic heterocycles. The van der Waals surface area contributed by atoms with Gasteiger partial charge in [-0.25, -0.2) is 4.52 Å². The molecule has 0 aliphatic heterocycles. The van der Waals surface area contributed by atoms with Gasteiger partial charge in [0, 0.05) is 31.5 Å². The molecule has 3 heterocycles. The van der Waals surface area contributed by atoms with Crippen molar-refractivity contribution in [1.29, 1.82) is 0 Å². The molecule has 0 spiro atoms. The summed E-state index contributed by atoms with van der Waals surface area (Å²) in [7, 11) is 1.70. The summed E-state index contributed by atoms with van der Waals surface area (Å²) in [6.07, 6.45) is 5.81. The second-order valence-electron chi connectivity index (χ2n) is 6.06. The molecule has 0 fully saturated rings. The zero-order valence-corrected chi connectivity index (χ0v) is 14.2. The first-order valence-electron chi connectivity index (χ1n) is 8.29. The quantitative estimate of drug-likeness (QED) is 0.607. The van der Waals surface area contributed by atoms with Gasteiger partial charge in [0.15, 0.2) is 0 Å². The van der Waals surface area contributed by atoms with Crippen molar-refractivity contribution in [2.75, 3.05) is 6.54 Å². The Balaban J connectivity index is 1.60. The van der Waals surface area contributed by atoms with Crippen molar-refractivity contribution in [3.8, 4) is 0 Å². The van der Waals surface area contributed by atoms with Crippen LogP contribution in [0.25, 0.3) is 16.6 Å². The summed E-state index contributed by atoms with van der Waals surface area (Å²) in [5.41, 5.74) is 3.36. The number of amides is 1. The third-order valence-electron chi connectivity index (χ3n) is 4.42. The predicted molar refractivity (Wildman–Crippen MR) is 98.2 cm³/mol. The Morgan fingerprint density at radius 1 is 1.12 bits per heavy atom. The van der Waals surface area contributed by atoms with E-state index in [0.29, 0.717) is 29.6 Å². The minimum Gasteiger partial charge on any atom is -0.352 e. The maximum Gasteiger partial charge on any atom is 0.276 e. The van der Waals surface area contributed by atoms with Crippen LogP contribution < -0.4 is 10.9 Å². The summed E-state index contributed by atoms with van der Waals surface area (Å²) in [5, 5.41) is 7.11. The highest BCUT2D eigenvalue weighted by Gasteiger charge is 2.12. The molecule has 0 saturated carbocycles.